The van der Waals surface area contributed by atoms with Gasteiger partial charge in [-0.1, -0.05) is 13.8 Å². The third-order valence-electron chi connectivity index (χ3n) is 3.53. The molecule has 2 N–H and O–H groups in total. The molecule has 1 rings (SSSR count). The summed E-state index contributed by atoms with van der Waals surface area (Å²) in [5.41, 5.74) is 3.23. The van der Waals surface area contributed by atoms with Gasteiger partial charge in [0, 0.05) is 23.8 Å². The molecule has 0 atom stereocenters. The molecule has 0 bridgehead atoms. The molecule has 0 spiro atoms. The standard InChI is InChI=1S/C14H26N4O/c1-6-12(7-2)16-14(19)9-18-11(4)13(8-15-5)10(3)17-18/h12,15H,6-9H2,1-5H3,(H,16,19). The second kappa shape index (κ2) is 7.28. The number of hydrogen-bond acceptors (Lipinski definition) is 3. The van der Waals surface area contributed by atoms with Crippen molar-refractivity contribution in [1.29, 1.82) is 0 Å². The van der Waals surface area contributed by atoms with Crippen LogP contribution in [0.4, 0.5) is 0 Å². The Morgan fingerprint density at radius 3 is 2.47 bits per heavy atom. The van der Waals surface area contributed by atoms with Crippen LogP contribution >= 0.6 is 0 Å². The van der Waals surface area contributed by atoms with Crippen molar-refractivity contribution in [2.45, 2.75) is 59.7 Å². The highest BCUT2D eigenvalue weighted by molar-refractivity contribution is 5.76. The lowest BCUT2D eigenvalue weighted by Gasteiger charge is -2.15. The molecule has 1 heterocycles. The summed E-state index contributed by atoms with van der Waals surface area (Å²) >= 11 is 0. The molecule has 0 unspecified atom stereocenters. The van der Waals surface area contributed by atoms with Crippen LogP contribution in [0.2, 0.25) is 0 Å². The molecule has 0 radical (unpaired) electrons. The SMILES string of the molecule is CCC(CC)NC(=O)Cn1nc(C)c(CNC)c1C. The number of aromatic nitrogens is 2. The highest BCUT2D eigenvalue weighted by Crippen LogP contribution is 2.12. The molecule has 19 heavy (non-hydrogen) atoms. The Bertz CT molecular complexity index is 421. The Kier molecular flexibility index (Phi) is 6.02. The topological polar surface area (TPSA) is 59.0 Å². The number of carbonyl (C=O) groups is 1. The van der Waals surface area contributed by atoms with Gasteiger partial charge in [-0.2, -0.15) is 5.10 Å². The first-order valence-electron chi connectivity index (χ1n) is 7.00. The normalized spacial score (nSPS) is 11.1. The summed E-state index contributed by atoms with van der Waals surface area (Å²) < 4.78 is 1.79. The fraction of sp³-hybridized carbons (Fsp3) is 0.714. The van der Waals surface area contributed by atoms with E-state index in [1.807, 2.05) is 20.9 Å². The van der Waals surface area contributed by atoms with E-state index in [0.29, 0.717) is 6.54 Å². The average Bonchev–Trinajstić information content (AvgIpc) is 2.64. The lowest BCUT2D eigenvalue weighted by molar-refractivity contribution is -0.122. The van der Waals surface area contributed by atoms with Crippen LogP contribution in [0.15, 0.2) is 0 Å². The van der Waals surface area contributed by atoms with Gasteiger partial charge >= 0.3 is 0 Å². The molecule has 108 valence electrons. The molecule has 0 aliphatic carbocycles. The molecule has 5 nitrogen and oxygen atoms in total. The first kappa shape index (κ1) is 15.7. The molecule has 0 aromatic carbocycles. The van der Waals surface area contributed by atoms with Crippen molar-refractivity contribution in [2.24, 2.45) is 0 Å². The van der Waals surface area contributed by atoms with Crippen LogP contribution in [-0.4, -0.2) is 28.8 Å². The Balaban J connectivity index is 2.72. The van der Waals surface area contributed by atoms with Gasteiger partial charge in [0.15, 0.2) is 0 Å². The number of nitrogens with zero attached hydrogens (tertiary/aromatic N) is 2. The van der Waals surface area contributed by atoms with E-state index in [-0.39, 0.29) is 11.9 Å². The van der Waals surface area contributed by atoms with E-state index in [4.69, 9.17) is 0 Å². The van der Waals surface area contributed by atoms with E-state index < -0.39 is 0 Å². The van der Waals surface area contributed by atoms with Crippen molar-refractivity contribution in [3.05, 3.63) is 17.0 Å². The van der Waals surface area contributed by atoms with Crippen molar-refractivity contribution in [3.63, 3.8) is 0 Å². The van der Waals surface area contributed by atoms with Crippen LogP contribution in [0, 0.1) is 13.8 Å². The van der Waals surface area contributed by atoms with Gasteiger partial charge in [0.05, 0.1) is 5.69 Å². The Labute approximate surface area is 115 Å². The molecule has 0 aliphatic heterocycles. The van der Waals surface area contributed by atoms with Gasteiger partial charge in [-0.15, -0.1) is 0 Å². The summed E-state index contributed by atoms with van der Waals surface area (Å²) in [6.45, 7) is 9.25. The zero-order chi connectivity index (χ0) is 14.4. The highest BCUT2D eigenvalue weighted by Gasteiger charge is 2.14. The van der Waals surface area contributed by atoms with Gasteiger partial charge < -0.3 is 10.6 Å². The first-order valence-corrected chi connectivity index (χ1v) is 7.00. The third-order valence-corrected chi connectivity index (χ3v) is 3.53. The van der Waals surface area contributed by atoms with Crippen LogP contribution in [0.25, 0.3) is 0 Å². The Hall–Kier alpha value is -1.36. The summed E-state index contributed by atoms with van der Waals surface area (Å²) in [4.78, 5) is 12.0. The summed E-state index contributed by atoms with van der Waals surface area (Å²) in [5.74, 6) is 0.0373. The fourth-order valence-corrected chi connectivity index (χ4v) is 2.22. The molecule has 1 aromatic rings. The Morgan fingerprint density at radius 1 is 1.32 bits per heavy atom. The molecular formula is C14H26N4O. The summed E-state index contributed by atoms with van der Waals surface area (Å²) in [6, 6.07) is 0.265. The van der Waals surface area contributed by atoms with E-state index in [1.54, 1.807) is 4.68 Å². The van der Waals surface area contributed by atoms with Crippen LogP contribution in [0.5, 0.6) is 0 Å². The van der Waals surface area contributed by atoms with E-state index in [9.17, 15) is 4.79 Å². The van der Waals surface area contributed by atoms with Crippen molar-refractivity contribution in [3.8, 4) is 0 Å². The summed E-state index contributed by atoms with van der Waals surface area (Å²) in [6.07, 6.45) is 1.93. The molecule has 0 fully saturated rings. The number of amides is 1. The van der Waals surface area contributed by atoms with E-state index in [1.165, 1.54) is 5.56 Å². The lowest BCUT2D eigenvalue weighted by Crippen LogP contribution is -2.36. The number of carbonyl (C=O) groups excluding carboxylic acids is 1. The van der Waals surface area contributed by atoms with E-state index in [2.05, 4.69) is 29.6 Å². The van der Waals surface area contributed by atoms with Gasteiger partial charge in [-0.25, -0.2) is 0 Å². The minimum Gasteiger partial charge on any atom is -0.352 e. The fourth-order valence-electron chi connectivity index (χ4n) is 2.22. The van der Waals surface area contributed by atoms with Gasteiger partial charge in [-0.3, -0.25) is 9.48 Å². The molecule has 5 heteroatoms. The average molecular weight is 266 g/mol. The quantitative estimate of drug-likeness (QED) is 0.787. The van der Waals surface area contributed by atoms with E-state index in [0.717, 1.165) is 30.8 Å². The van der Waals surface area contributed by atoms with Crippen LogP contribution < -0.4 is 10.6 Å². The van der Waals surface area contributed by atoms with Crippen molar-refractivity contribution < 1.29 is 4.79 Å². The number of aryl methyl sites for hydroxylation is 1. The zero-order valence-corrected chi connectivity index (χ0v) is 12.7. The smallest absolute Gasteiger partial charge is 0.241 e. The van der Waals surface area contributed by atoms with Gasteiger partial charge in [0.2, 0.25) is 5.91 Å². The minimum absolute atomic E-state index is 0.0373. The predicted molar refractivity (Wildman–Crippen MR) is 77.0 cm³/mol. The Morgan fingerprint density at radius 2 is 1.95 bits per heavy atom. The highest BCUT2D eigenvalue weighted by atomic mass is 16.2. The zero-order valence-electron chi connectivity index (χ0n) is 12.7. The maximum Gasteiger partial charge on any atom is 0.241 e. The molecule has 0 aliphatic rings. The molecule has 1 aromatic heterocycles. The van der Waals surface area contributed by atoms with Crippen molar-refractivity contribution in [2.75, 3.05) is 7.05 Å². The van der Waals surface area contributed by atoms with Gasteiger partial charge in [0.1, 0.15) is 6.54 Å². The summed E-state index contributed by atoms with van der Waals surface area (Å²) in [7, 11) is 1.91. The number of hydrogen-bond donors (Lipinski definition) is 2. The second-order valence-electron chi connectivity index (χ2n) is 4.92. The van der Waals surface area contributed by atoms with Crippen LogP contribution in [0.1, 0.15) is 43.6 Å². The van der Waals surface area contributed by atoms with Gasteiger partial charge in [-0.05, 0) is 33.7 Å². The maximum atomic E-state index is 12.0. The molecule has 1 amide bonds. The molecular weight excluding hydrogens is 240 g/mol. The molecule has 0 saturated heterocycles. The van der Waals surface area contributed by atoms with Crippen LogP contribution in [0.3, 0.4) is 0 Å². The van der Waals surface area contributed by atoms with Gasteiger partial charge in [0.25, 0.3) is 0 Å². The largest absolute Gasteiger partial charge is 0.352 e. The predicted octanol–water partition coefficient (Wildman–Crippen LogP) is 1.52. The van der Waals surface area contributed by atoms with E-state index >= 15 is 0 Å². The first-order chi connectivity index (χ1) is 9.03. The van der Waals surface area contributed by atoms with Crippen LogP contribution in [-0.2, 0) is 17.9 Å². The number of rotatable bonds is 7. The minimum atomic E-state index is 0.0373. The van der Waals surface area contributed by atoms with Crippen molar-refractivity contribution >= 4 is 5.91 Å². The monoisotopic (exact) mass is 266 g/mol. The third kappa shape index (κ3) is 4.06. The van der Waals surface area contributed by atoms with Crippen molar-refractivity contribution in [1.82, 2.24) is 20.4 Å². The second-order valence-corrected chi connectivity index (χ2v) is 4.92. The summed E-state index contributed by atoms with van der Waals surface area (Å²) in [5, 5.41) is 10.6. The number of nitrogens with one attached hydrogen (secondary N) is 2. The maximum absolute atomic E-state index is 12.0. The lowest BCUT2D eigenvalue weighted by atomic mass is 10.2. The molecule has 0 saturated carbocycles.